The van der Waals surface area contributed by atoms with Gasteiger partial charge in [0.2, 0.25) is 10.0 Å². The molecule has 0 spiro atoms. The second kappa shape index (κ2) is 6.54. The number of hydrogen-bond acceptors (Lipinski definition) is 4. The molecule has 0 heterocycles. The first-order valence-corrected chi connectivity index (χ1v) is 7.51. The van der Waals surface area contributed by atoms with E-state index in [0.29, 0.717) is 19.0 Å². The quantitative estimate of drug-likeness (QED) is 0.660. The zero-order valence-electron chi connectivity index (χ0n) is 9.81. The van der Waals surface area contributed by atoms with Crippen LogP contribution in [0, 0.1) is 0 Å². The van der Waals surface area contributed by atoms with Crippen LogP contribution in [-0.4, -0.2) is 40.0 Å². The normalized spacial score (nSPS) is 26.9. The van der Waals surface area contributed by atoms with Gasteiger partial charge in [0.15, 0.2) is 0 Å². The molecule has 0 aromatic heterocycles. The summed E-state index contributed by atoms with van der Waals surface area (Å²) in [6.45, 7) is 0.682. The van der Waals surface area contributed by atoms with Crippen LogP contribution >= 0.6 is 0 Å². The molecule has 0 bridgehead atoms. The van der Waals surface area contributed by atoms with Crippen LogP contribution in [0.4, 0.5) is 0 Å². The van der Waals surface area contributed by atoms with Crippen LogP contribution in [0.1, 0.15) is 32.1 Å². The van der Waals surface area contributed by atoms with Crippen molar-refractivity contribution >= 4 is 10.0 Å². The molecule has 2 atom stereocenters. The summed E-state index contributed by atoms with van der Waals surface area (Å²) >= 11 is 0. The largest absolute Gasteiger partial charge is 0.380 e. The fraction of sp³-hybridized carbons (Fsp3) is 1.00. The molecule has 16 heavy (non-hydrogen) atoms. The maximum atomic E-state index is 10.7. The third-order valence-electron chi connectivity index (χ3n) is 3.02. The predicted octanol–water partition coefficient (Wildman–Crippen LogP) is 0.212. The Balaban J connectivity index is 2.20. The van der Waals surface area contributed by atoms with Crippen molar-refractivity contribution in [3.63, 3.8) is 0 Å². The predicted molar refractivity (Wildman–Crippen MR) is 63.6 cm³/mol. The Morgan fingerprint density at radius 3 is 2.69 bits per heavy atom. The van der Waals surface area contributed by atoms with Gasteiger partial charge in [0.25, 0.3) is 0 Å². The highest BCUT2D eigenvalue weighted by Crippen LogP contribution is 2.20. The van der Waals surface area contributed by atoms with E-state index >= 15 is 0 Å². The average Bonchev–Trinajstić information content (AvgIpc) is 2.23. The van der Waals surface area contributed by atoms with Gasteiger partial charge < -0.3 is 10.1 Å². The molecule has 3 N–H and O–H groups in total. The zero-order valence-corrected chi connectivity index (χ0v) is 10.6. The number of methoxy groups -OCH3 is 1. The summed E-state index contributed by atoms with van der Waals surface area (Å²) in [5, 5.41) is 8.28. The highest BCUT2D eigenvalue weighted by Gasteiger charge is 2.23. The van der Waals surface area contributed by atoms with Crippen molar-refractivity contribution in [1.82, 2.24) is 5.32 Å². The minimum absolute atomic E-state index is 0.0460. The maximum Gasteiger partial charge on any atom is 0.209 e. The number of nitrogens with one attached hydrogen (secondary N) is 1. The molecule has 1 fully saturated rings. The van der Waals surface area contributed by atoms with Crippen LogP contribution in [0.15, 0.2) is 0 Å². The summed E-state index contributed by atoms with van der Waals surface area (Å²) in [5.41, 5.74) is 0. The van der Waals surface area contributed by atoms with E-state index in [1.807, 2.05) is 0 Å². The molecule has 0 aliphatic heterocycles. The fourth-order valence-electron chi connectivity index (χ4n) is 2.17. The van der Waals surface area contributed by atoms with Gasteiger partial charge in [0.05, 0.1) is 11.9 Å². The molecular formula is C10H22N2O3S. The minimum atomic E-state index is -3.32. The Kier molecular flexibility index (Phi) is 5.68. The highest BCUT2D eigenvalue weighted by atomic mass is 32.2. The van der Waals surface area contributed by atoms with Crippen LogP contribution in [-0.2, 0) is 14.8 Å². The van der Waals surface area contributed by atoms with E-state index in [0.717, 1.165) is 12.8 Å². The number of ether oxygens (including phenoxy) is 1. The van der Waals surface area contributed by atoms with E-state index in [-0.39, 0.29) is 11.9 Å². The Hall–Kier alpha value is -0.170. The van der Waals surface area contributed by atoms with E-state index in [1.54, 1.807) is 7.11 Å². The SMILES string of the molecule is COC1CCCCC1NCCCS(N)(=O)=O. The van der Waals surface area contributed by atoms with Gasteiger partial charge in [-0.25, -0.2) is 13.6 Å². The summed E-state index contributed by atoms with van der Waals surface area (Å²) in [6.07, 6.45) is 5.45. The van der Waals surface area contributed by atoms with E-state index < -0.39 is 10.0 Å². The third kappa shape index (κ3) is 5.25. The van der Waals surface area contributed by atoms with Crippen LogP contribution in [0.5, 0.6) is 0 Å². The van der Waals surface area contributed by atoms with E-state index in [1.165, 1.54) is 12.8 Å². The van der Waals surface area contributed by atoms with Crippen LogP contribution < -0.4 is 10.5 Å². The van der Waals surface area contributed by atoms with Crippen LogP contribution in [0.25, 0.3) is 0 Å². The standard InChI is InChI=1S/C10H22N2O3S/c1-15-10-6-3-2-5-9(10)12-7-4-8-16(11,13)14/h9-10,12H,2-8H2,1H3,(H2,11,13,14). The molecule has 0 aromatic rings. The summed E-state index contributed by atoms with van der Waals surface area (Å²) in [6, 6.07) is 0.360. The Labute approximate surface area is 97.8 Å². The molecule has 0 radical (unpaired) electrons. The third-order valence-corrected chi connectivity index (χ3v) is 3.88. The second-order valence-corrected chi connectivity index (χ2v) is 6.07. The molecular weight excluding hydrogens is 228 g/mol. The van der Waals surface area contributed by atoms with E-state index in [2.05, 4.69) is 5.32 Å². The van der Waals surface area contributed by atoms with Gasteiger partial charge in [0, 0.05) is 13.2 Å². The van der Waals surface area contributed by atoms with Gasteiger partial charge in [0.1, 0.15) is 0 Å². The summed E-state index contributed by atoms with van der Waals surface area (Å²) < 4.78 is 26.9. The lowest BCUT2D eigenvalue weighted by molar-refractivity contribution is 0.0420. The van der Waals surface area contributed by atoms with Crippen LogP contribution in [0.2, 0.25) is 0 Å². The number of sulfonamides is 1. The molecule has 1 aliphatic carbocycles. The maximum absolute atomic E-state index is 10.7. The van der Waals surface area contributed by atoms with Crippen molar-refractivity contribution < 1.29 is 13.2 Å². The summed E-state index contributed by atoms with van der Waals surface area (Å²) in [4.78, 5) is 0. The van der Waals surface area contributed by atoms with Crippen molar-refractivity contribution in [2.45, 2.75) is 44.2 Å². The molecule has 6 heteroatoms. The Morgan fingerprint density at radius 2 is 2.06 bits per heavy atom. The molecule has 2 unspecified atom stereocenters. The lowest BCUT2D eigenvalue weighted by Crippen LogP contribution is -2.43. The van der Waals surface area contributed by atoms with E-state index in [9.17, 15) is 8.42 Å². The molecule has 1 aliphatic rings. The zero-order chi connectivity index (χ0) is 12.0. The Bertz CT molecular complexity index is 292. The van der Waals surface area contributed by atoms with Crippen LogP contribution in [0.3, 0.4) is 0 Å². The first-order valence-electron chi connectivity index (χ1n) is 5.79. The molecule has 0 saturated heterocycles. The molecule has 0 aromatic carbocycles. The lowest BCUT2D eigenvalue weighted by atomic mass is 9.92. The monoisotopic (exact) mass is 250 g/mol. The molecule has 0 amide bonds. The smallest absolute Gasteiger partial charge is 0.209 e. The van der Waals surface area contributed by atoms with Gasteiger partial charge >= 0.3 is 0 Å². The molecule has 1 rings (SSSR count). The van der Waals surface area contributed by atoms with Crippen molar-refractivity contribution in [3.8, 4) is 0 Å². The number of primary sulfonamides is 1. The van der Waals surface area contributed by atoms with Crippen molar-refractivity contribution in [1.29, 1.82) is 0 Å². The number of rotatable bonds is 6. The molecule has 5 nitrogen and oxygen atoms in total. The van der Waals surface area contributed by atoms with E-state index in [4.69, 9.17) is 9.88 Å². The molecule has 1 saturated carbocycles. The first-order chi connectivity index (χ1) is 7.53. The highest BCUT2D eigenvalue weighted by molar-refractivity contribution is 7.89. The van der Waals surface area contributed by atoms with Crippen molar-refractivity contribution in [2.24, 2.45) is 5.14 Å². The summed E-state index contributed by atoms with van der Waals surface area (Å²) in [7, 11) is -1.59. The Morgan fingerprint density at radius 1 is 1.38 bits per heavy atom. The number of hydrogen-bond donors (Lipinski definition) is 2. The van der Waals surface area contributed by atoms with Gasteiger partial charge in [-0.15, -0.1) is 0 Å². The van der Waals surface area contributed by atoms with Gasteiger partial charge in [-0.05, 0) is 25.8 Å². The average molecular weight is 250 g/mol. The molecule has 96 valence electrons. The summed E-state index contributed by atoms with van der Waals surface area (Å²) in [5.74, 6) is 0.0460. The lowest BCUT2D eigenvalue weighted by Gasteiger charge is -2.31. The topological polar surface area (TPSA) is 81.4 Å². The van der Waals surface area contributed by atoms with Gasteiger partial charge in [-0.1, -0.05) is 12.8 Å². The number of nitrogens with two attached hydrogens (primary N) is 1. The fourth-order valence-corrected chi connectivity index (χ4v) is 2.72. The van der Waals surface area contributed by atoms with Gasteiger partial charge in [-0.3, -0.25) is 0 Å². The second-order valence-electron chi connectivity index (χ2n) is 4.34. The van der Waals surface area contributed by atoms with Gasteiger partial charge in [-0.2, -0.15) is 0 Å². The first kappa shape index (κ1) is 13.9. The van der Waals surface area contributed by atoms with Crippen molar-refractivity contribution in [2.75, 3.05) is 19.4 Å². The van der Waals surface area contributed by atoms with Crippen molar-refractivity contribution in [3.05, 3.63) is 0 Å². The minimum Gasteiger partial charge on any atom is -0.380 e.